The zero-order valence-electron chi connectivity index (χ0n) is 12.9. The summed E-state index contributed by atoms with van der Waals surface area (Å²) >= 11 is 0. The molecule has 2 aromatic carbocycles. The van der Waals surface area contributed by atoms with Crippen LogP contribution in [0.2, 0.25) is 0 Å². The van der Waals surface area contributed by atoms with Crippen LogP contribution in [0.25, 0.3) is 10.8 Å². The number of fused-ring (bicyclic) bond motifs is 1. The third-order valence-electron chi connectivity index (χ3n) is 3.45. The number of aromatic nitrogens is 1. The Kier molecular flexibility index (Phi) is 4.52. The zero-order chi connectivity index (χ0) is 16.1. The first-order valence-electron chi connectivity index (χ1n) is 7.50. The number of rotatable bonds is 5. The van der Waals surface area contributed by atoms with Gasteiger partial charge in [0, 0.05) is 11.6 Å². The van der Waals surface area contributed by atoms with Crippen LogP contribution in [0.5, 0.6) is 5.75 Å². The van der Waals surface area contributed by atoms with Gasteiger partial charge in [-0.2, -0.15) is 0 Å². The molecule has 0 unspecified atom stereocenters. The second-order valence-corrected chi connectivity index (χ2v) is 5.04. The summed E-state index contributed by atoms with van der Waals surface area (Å²) < 4.78 is 10.9. The fourth-order valence-corrected chi connectivity index (χ4v) is 2.34. The molecule has 0 bridgehead atoms. The largest absolute Gasteiger partial charge is 0.489 e. The van der Waals surface area contributed by atoms with E-state index in [1.54, 1.807) is 13.1 Å². The van der Waals surface area contributed by atoms with Crippen molar-refractivity contribution < 1.29 is 14.3 Å². The number of benzene rings is 2. The molecule has 0 saturated carbocycles. The molecule has 0 saturated heterocycles. The highest BCUT2D eigenvalue weighted by molar-refractivity contribution is 6.02. The Morgan fingerprint density at radius 3 is 2.70 bits per heavy atom. The lowest BCUT2D eigenvalue weighted by Gasteiger charge is -2.09. The Morgan fingerprint density at radius 2 is 1.91 bits per heavy atom. The average Bonchev–Trinajstić information content (AvgIpc) is 2.60. The first-order valence-corrected chi connectivity index (χ1v) is 7.50. The van der Waals surface area contributed by atoms with E-state index in [1.165, 1.54) is 0 Å². The predicted octanol–water partition coefficient (Wildman–Crippen LogP) is 3.99. The molecule has 0 fully saturated rings. The van der Waals surface area contributed by atoms with Gasteiger partial charge in [0.15, 0.2) is 5.69 Å². The quantitative estimate of drug-likeness (QED) is 0.669. The van der Waals surface area contributed by atoms with Gasteiger partial charge in [-0.1, -0.05) is 36.4 Å². The summed E-state index contributed by atoms with van der Waals surface area (Å²) in [6, 6.07) is 17.4. The lowest BCUT2D eigenvalue weighted by atomic mass is 10.1. The van der Waals surface area contributed by atoms with Gasteiger partial charge in [-0.3, -0.25) is 0 Å². The lowest BCUT2D eigenvalue weighted by molar-refractivity contribution is 0.0522. The molecule has 4 heteroatoms. The number of esters is 1. The average molecular weight is 307 g/mol. The molecule has 0 aliphatic carbocycles. The number of hydrogen-bond donors (Lipinski definition) is 0. The molecular weight excluding hydrogens is 290 g/mol. The summed E-state index contributed by atoms with van der Waals surface area (Å²) in [5.74, 6) is 0.276. The van der Waals surface area contributed by atoms with Gasteiger partial charge in [-0.25, -0.2) is 9.78 Å². The van der Waals surface area contributed by atoms with E-state index in [9.17, 15) is 4.79 Å². The molecule has 3 rings (SSSR count). The summed E-state index contributed by atoms with van der Waals surface area (Å²) in [6.07, 6.45) is 1.61. The maximum atomic E-state index is 12.0. The van der Waals surface area contributed by atoms with Crippen LogP contribution in [0.1, 0.15) is 23.0 Å². The van der Waals surface area contributed by atoms with E-state index < -0.39 is 5.97 Å². The van der Waals surface area contributed by atoms with Gasteiger partial charge in [0.05, 0.1) is 6.61 Å². The van der Waals surface area contributed by atoms with Crippen molar-refractivity contribution in [1.29, 1.82) is 0 Å². The summed E-state index contributed by atoms with van der Waals surface area (Å²) in [5.41, 5.74) is 1.40. The summed E-state index contributed by atoms with van der Waals surface area (Å²) in [7, 11) is 0. The molecule has 0 amide bonds. The second-order valence-electron chi connectivity index (χ2n) is 5.04. The van der Waals surface area contributed by atoms with Crippen LogP contribution in [-0.2, 0) is 11.3 Å². The molecular formula is C19H17NO3. The van der Waals surface area contributed by atoms with Gasteiger partial charge in [-0.05, 0) is 36.1 Å². The molecule has 4 nitrogen and oxygen atoms in total. The fourth-order valence-electron chi connectivity index (χ4n) is 2.34. The van der Waals surface area contributed by atoms with E-state index in [4.69, 9.17) is 9.47 Å². The topological polar surface area (TPSA) is 48.4 Å². The third-order valence-corrected chi connectivity index (χ3v) is 3.45. The molecule has 23 heavy (non-hydrogen) atoms. The van der Waals surface area contributed by atoms with E-state index >= 15 is 0 Å². The van der Waals surface area contributed by atoms with Crippen molar-refractivity contribution >= 4 is 16.7 Å². The maximum Gasteiger partial charge on any atom is 0.357 e. The molecule has 0 N–H and O–H groups in total. The van der Waals surface area contributed by atoms with Crippen LogP contribution in [-0.4, -0.2) is 17.6 Å². The van der Waals surface area contributed by atoms with Gasteiger partial charge in [-0.15, -0.1) is 0 Å². The number of carbonyl (C=O) groups is 1. The molecule has 116 valence electrons. The molecule has 0 atom stereocenters. The van der Waals surface area contributed by atoms with Gasteiger partial charge in [0.2, 0.25) is 0 Å². The molecule has 3 aromatic rings. The highest BCUT2D eigenvalue weighted by Gasteiger charge is 2.13. The number of pyridine rings is 1. The van der Waals surface area contributed by atoms with Gasteiger partial charge >= 0.3 is 5.97 Å². The number of hydrogen-bond acceptors (Lipinski definition) is 4. The van der Waals surface area contributed by atoms with E-state index in [1.807, 2.05) is 54.6 Å². The molecule has 1 heterocycles. The van der Waals surface area contributed by atoms with E-state index in [0.717, 1.165) is 16.3 Å². The molecule has 0 aliphatic rings. The van der Waals surface area contributed by atoms with Crippen LogP contribution in [0.15, 0.2) is 60.8 Å². The van der Waals surface area contributed by atoms with Crippen molar-refractivity contribution in [3.8, 4) is 5.75 Å². The standard InChI is InChI=1S/C19H17NO3/c1-2-22-19(21)18-17-12-16(9-8-15(17)10-11-20-18)23-13-14-6-4-3-5-7-14/h3-12H,2,13H2,1H3. The van der Waals surface area contributed by atoms with Crippen LogP contribution in [0.4, 0.5) is 0 Å². The van der Waals surface area contributed by atoms with E-state index in [0.29, 0.717) is 24.7 Å². The minimum atomic E-state index is -0.418. The molecule has 0 radical (unpaired) electrons. The number of nitrogens with zero attached hydrogens (tertiary/aromatic N) is 1. The fraction of sp³-hybridized carbons (Fsp3) is 0.158. The van der Waals surface area contributed by atoms with Gasteiger partial charge in [0.25, 0.3) is 0 Å². The smallest absolute Gasteiger partial charge is 0.357 e. The maximum absolute atomic E-state index is 12.0. The Balaban J connectivity index is 1.88. The van der Waals surface area contributed by atoms with Crippen LogP contribution >= 0.6 is 0 Å². The van der Waals surface area contributed by atoms with Crippen LogP contribution in [0, 0.1) is 0 Å². The van der Waals surface area contributed by atoms with Crippen molar-refractivity contribution in [2.45, 2.75) is 13.5 Å². The number of ether oxygens (including phenoxy) is 2. The third kappa shape index (κ3) is 3.48. The Labute approximate surface area is 134 Å². The van der Waals surface area contributed by atoms with E-state index in [-0.39, 0.29) is 0 Å². The normalized spacial score (nSPS) is 10.5. The highest BCUT2D eigenvalue weighted by Crippen LogP contribution is 2.24. The lowest BCUT2D eigenvalue weighted by Crippen LogP contribution is -2.07. The monoisotopic (exact) mass is 307 g/mol. The van der Waals surface area contributed by atoms with Crippen molar-refractivity contribution in [2.24, 2.45) is 0 Å². The zero-order valence-corrected chi connectivity index (χ0v) is 12.9. The van der Waals surface area contributed by atoms with Crippen molar-refractivity contribution in [3.05, 3.63) is 72.1 Å². The molecule has 1 aromatic heterocycles. The summed E-state index contributed by atoms with van der Waals surface area (Å²) in [4.78, 5) is 16.2. The first-order chi connectivity index (χ1) is 11.3. The van der Waals surface area contributed by atoms with E-state index in [2.05, 4.69) is 4.98 Å². The first kappa shape index (κ1) is 15.0. The van der Waals surface area contributed by atoms with Crippen LogP contribution < -0.4 is 4.74 Å². The van der Waals surface area contributed by atoms with Gasteiger partial charge < -0.3 is 9.47 Å². The minimum Gasteiger partial charge on any atom is -0.489 e. The van der Waals surface area contributed by atoms with Crippen molar-refractivity contribution in [1.82, 2.24) is 4.98 Å². The Hall–Kier alpha value is -2.88. The Bertz CT molecular complexity index is 815. The van der Waals surface area contributed by atoms with Crippen molar-refractivity contribution in [2.75, 3.05) is 6.61 Å². The number of carbonyl (C=O) groups excluding carboxylic acids is 1. The molecule has 0 spiro atoms. The predicted molar refractivity (Wildman–Crippen MR) is 88.5 cm³/mol. The minimum absolute atomic E-state index is 0.314. The summed E-state index contributed by atoms with van der Waals surface area (Å²) in [5, 5.41) is 1.66. The van der Waals surface area contributed by atoms with Crippen molar-refractivity contribution in [3.63, 3.8) is 0 Å². The van der Waals surface area contributed by atoms with Gasteiger partial charge in [0.1, 0.15) is 12.4 Å². The SMILES string of the molecule is CCOC(=O)c1nccc2ccc(OCc3ccccc3)cc12. The Morgan fingerprint density at radius 1 is 1.09 bits per heavy atom. The summed E-state index contributed by atoms with van der Waals surface area (Å²) in [6.45, 7) is 2.57. The second kappa shape index (κ2) is 6.92. The van der Waals surface area contributed by atoms with Crippen LogP contribution in [0.3, 0.4) is 0 Å². The highest BCUT2D eigenvalue weighted by atomic mass is 16.5. The molecule has 0 aliphatic heterocycles.